The van der Waals surface area contributed by atoms with Crippen LogP contribution in [-0.4, -0.2) is 68.8 Å². The number of anilines is 1. The van der Waals surface area contributed by atoms with E-state index in [0.717, 1.165) is 0 Å². The summed E-state index contributed by atoms with van der Waals surface area (Å²) in [6.07, 6.45) is -3.13. The van der Waals surface area contributed by atoms with Crippen LogP contribution in [0.2, 0.25) is 0 Å². The quantitative estimate of drug-likeness (QED) is 0.322. The Hall–Kier alpha value is -3.39. The molecule has 0 bridgehead atoms. The van der Waals surface area contributed by atoms with Crippen molar-refractivity contribution in [2.24, 2.45) is 5.73 Å². The fraction of sp³-hybridized carbons (Fsp3) is 0.300. The van der Waals surface area contributed by atoms with Crippen LogP contribution in [0.25, 0.3) is 0 Å². The topological polar surface area (TPSA) is 141 Å². The van der Waals surface area contributed by atoms with E-state index in [9.17, 15) is 37.1 Å². The minimum Gasteiger partial charge on any atom is -0.477 e. The van der Waals surface area contributed by atoms with Gasteiger partial charge in [-0.25, -0.2) is 14.0 Å². The van der Waals surface area contributed by atoms with Crippen molar-refractivity contribution >= 4 is 41.2 Å². The van der Waals surface area contributed by atoms with Gasteiger partial charge < -0.3 is 20.8 Å². The van der Waals surface area contributed by atoms with E-state index in [0.29, 0.717) is 35.6 Å². The molecule has 4 N–H and O–H groups in total. The lowest BCUT2D eigenvalue weighted by atomic mass is 10.0. The maximum absolute atomic E-state index is 13.4. The van der Waals surface area contributed by atoms with E-state index in [1.54, 1.807) is 12.1 Å². The Labute approximate surface area is 193 Å². The van der Waals surface area contributed by atoms with E-state index in [1.165, 1.54) is 39.8 Å². The van der Waals surface area contributed by atoms with Gasteiger partial charge in [-0.2, -0.15) is 13.2 Å². The van der Waals surface area contributed by atoms with E-state index >= 15 is 0 Å². The first kappa shape index (κ1) is 25.2. The Bertz CT molecular complexity index is 1120. The SMILES string of the molecule is N[C@@H]1C(=O)N2C(C(=O)O)=C(/C=C3\CCN(c4cccc(F)c4)C3=O)CS[C@H]12.O=C(O)C(F)(F)F. The number of β-lactam (4-membered cyclic amide) rings is 1. The molecule has 3 aliphatic heterocycles. The van der Waals surface area contributed by atoms with Gasteiger partial charge in [-0.3, -0.25) is 14.5 Å². The number of hydrogen-bond acceptors (Lipinski definition) is 6. The minimum absolute atomic E-state index is 0.116. The number of fused-ring (bicyclic) bond motifs is 1. The van der Waals surface area contributed by atoms with Crippen LogP contribution in [0.5, 0.6) is 0 Å². The Morgan fingerprint density at radius 3 is 2.41 bits per heavy atom. The minimum atomic E-state index is -5.08. The van der Waals surface area contributed by atoms with Gasteiger partial charge in [0.05, 0.1) is 0 Å². The van der Waals surface area contributed by atoms with E-state index < -0.39 is 35.9 Å². The number of nitrogens with zero attached hydrogens (tertiary/aromatic N) is 2. The Morgan fingerprint density at radius 2 is 1.85 bits per heavy atom. The van der Waals surface area contributed by atoms with Gasteiger partial charge in [0.2, 0.25) is 5.91 Å². The molecule has 3 heterocycles. The van der Waals surface area contributed by atoms with Gasteiger partial charge in [0.15, 0.2) is 0 Å². The zero-order valence-corrected chi connectivity index (χ0v) is 17.9. The molecule has 0 radical (unpaired) electrons. The number of carbonyl (C=O) groups is 4. The number of rotatable bonds is 3. The highest BCUT2D eigenvalue weighted by Crippen LogP contribution is 2.40. The number of alkyl halides is 3. The second-order valence-corrected chi connectivity index (χ2v) is 8.38. The van der Waals surface area contributed by atoms with Crippen molar-refractivity contribution in [3.05, 3.63) is 53.0 Å². The third kappa shape index (κ3) is 4.92. The van der Waals surface area contributed by atoms with Crippen LogP contribution >= 0.6 is 11.8 Å². The molecule has 0 aliphatic carbocycles. The number of benzene rings is 1. The predicted molar refractivity (Wildman–Crippen MR) is 111 cm³/mol. The molecule has 1 aromatic rings. The van der Waals surface area contributed by atoms with Crippen molar-refractivity contribution in [3.63, 3.8) is 0 Å². The average Bonchev–Trinajstić information content (AvgIpc) is 3.12. The lowest BCUT2D eigenvalue weighted by Crippen LogP contribution is -2.68. The van der Waals surface area contributed by atoms with Crippen molar-refractivity contribution in [3.8, 4) is 0 Å². The van der Waals surface area contributed by atoms with E-state index in [2.05, 4.69) is 0 Å². The fourth-order valence-corrected chi connectivity index (χ4v) is 4.75. The maximum atomic E-state index is 13.4. The molecule has 0 spiro atoms. The molecule has 1 aromatic carbocycles. The highest BCUT2D eigenvalue weighted by Gasteiger charge is 2.51. The zero-order valence-electron chi connectivity index (χ0n) is 17.1. The van der Waals surface area contributed by atoms with Crippen LogP contribution in [0.3, 0.4) is 0 Å². The normalized spacial score (nSPS) is 23.4. The van der Waals surface area contributed by atoms with Crippen LogP contribution in [0.1, 0.15) is 6.42 Å². The highest BCUT2D eigenvalue weighted by atomic mass is 32.2. The number of aliphatic carboxylic acids is 2. The smallest absolute Gasteiger partial charge is 0.477 e. The lowest BCUT2D eigenvalue weighted by Gasteiger charge is -2.47. The number of carboxylic acids is 2. The summed E-state index contributed by atoms with van der Waals surface area (Å²) in [4.78, 5) is 47.9. The molecular weight excluding hydrogens is 486 g/mol. The van der Waals surface area contributed by atoms with Crippen LogP contribution in [-0.2, 0) is 19.2 Å². The van der Waals surface area contributed by atoms with E-state index in [-0.39, 0.29) is 17.0 Å². The van der Waals surface area contributed by atoms with Gasteiger partial charge in [0, 0.05) is 23.6 Å². The second kappa shape index (κ2) is 9.46. The van der Waals surface area contributed by atoms with Crippen LogP contribution < -0.4 is 10.6 Å². The molecule has 2 fully saturated rings. The average molecular weight is 503 g/mol. The van der Waals surface area contributed by atoms with E-state index in [1.807, 2.05) is 0 Å². The predicted octanol–water partition coefficient (Wildman–Crippen LogP) is 1.70. The molecule has 2 saturated heterocycles. The number of carboxylic acid groups (broad SMARTS) is 2. The number of nitrogens with two attached hydrogens (primary N) is 1. The van der Waals surface area contributed by atoms with Gasteiger partial charge in [-0.1, -0.05) is 6.07 Å². The number of carbonyl (C=O) groups excluding carboxylic acids is 2. The first-order chi connectivity index (χ1) is 15.8. The molecular formula is C20H17F4N3O6S. The van der Waals surface area contributed by atoms with Crippen LogP contribution in [0, 0.1) is 5.82 Å². The Morgan fingerprint density at radius 1 is 1.21 bits per heavy atom. The number of allylic oxidation sites excluding steroid dienone is 1. The molecule has 4 rings (SSSR count). The molecule has 2 amide bonds. The summed E-state index contributed by atoms with van der Waals surface area (Å²) in [7, 11) is 0. The summed E-state index contributed by atoms with van der Waals surface area (Å²) in [5, 5.41) is 16.3. The summed E-state index contributed by atoms with van der Waals surface area (Å²) in [5.74, 6) is -4.79. The van der Waals surface area contributed by atoms with Crippen molar-refractivity contribution in [1.82, 2.24) is 4.90 Å². The van der Waals surface area contributed by atoms with Gasteiger partial charge >= 0.3 is 18.1 Å². The van der Waals surface area contributed by atoms with Gasteiger partial charge in [-0.15, -0.1) is 11.8 Å². The van der Waals surface area contributed by atoms with Crippen LogP contribution in [0.4, 0.5) is 23.2 Å². The largest absolute Gasteiger partial charge is 0.490 e. The molecule has 2 atom stereocenters. The first-order valence-electron chi connectivity index (χ1n) is 9.57. The van der Waals surface area contributed by atoms with Gasteiger partial charge in [-0.05, 0) is 36.3 Å². The molecule has 9 nitrogen and oxygen atoms in total. The van der Waals surface area contributed by atoms with Crippen molar-refractivity contribution in [2.45, 2.75) is 24.0 Å². The van der Waals surface area contributed by atoms with Crippen molar-refractivity contribution in [2.75, 3.05) is 17.2 Å². The Balaban J connectivity index is 0.000000406. The van der Waals surface area contributed by atoms with Crippen LogP contribution in [0.15, 0.2) is 47.2 Å². The lowest BCUT2D eigenvalue weighted by molar-refractivity contribution is -0.192. The number of amides is 2. The van der Waals surface area contributed by atoms with Crippen molar-refractivity contribution in [1.29, 1.82) is 0 Å². The molecule has 0 aromatic heterocycles. The number of halogens is 4. The van der Waals surface area contributed by atoms with Crippen molar-refractivity contribution < 1.29 is 47.0 Å². The molecule has 3 aliphatic rings. The fourth-order valence-electron chi connectivity index (χ4n) is 3.50. The first-order valence-corrected chi connectivity index (χ1v) is 10.6. The number of thioether (sulfide) groups is 1. The monoisotopic (exact) mass is 503 g/mol. The molecule has 34 heavy (non-hydrogen) atoms. The zero-order chi connectivity index (χ0) is 25.4. The second-order valence-electron chi connectivity index (χ2n) is 7.27. The number of hydrogen-bond donors (Lipinski definition) is 3. The third-order valence-corrected chi connectivity index (χ3v) is 6.40. The van der Waals surface area contributed by atoms with Gasteiger partial charge in [0.25, 0.3) is 5.91 Å². The molecule has 182 valence electrons. The summed E-state index contributed by atoms with van der Waals surface area (Å²) in [6.45, 7) is 0.382. The molecule has 0 saturated carbocycles. The third-order valence-electron chi connectivity index (χ3n) is 5.08. The molecule has 0 unspecified atom stereocenters. The van der Waals surface area contributed by atoms with E-state index in [4.69, 9.17) is 15.6 Å². The summed E-state index contributed by atoms with van der Waals surface area (Å²) >= 11 is 1.38. The Kier molecular flexibility index (Phi) is 7.02. The summed E-state index contributed by atoms with van der Waals surface area (Å²) < 4.78 is 45.2. The standard InChI is InChI=1S/C18H16FN3O4S.C2HF3O2/c19-11-2-1-3-12(7-11)21-5-4-9(15(21)23)6-10-8-27-17-13(20)16(24)22(17)14(10)18(25)26;3-2(4,5)1(6)7/h1-3,6-7,13,17H,4-5,8,20H2,(H,25,26);(H,6,7)/b9-6+;/t13-,17-;/m1./s1. The summed E-state index contributed by atoms with van der Waals surface area (Å²) in [5.41, 5.74) is 6.92. The highest BCUT2D eigenvalue weighted by molar-refractivity contribution is 8.00. The maximum Gasteiger partial charge on any atom is 0.490 e. The summed E-state index contributed by atoms with van der Waals surface area (Å²) in [6, 6.07) is 5.06. The van der Waals surface area contributed by atoms with Gasteiger partial charge in [0.1, 0.15) is 22.9 Å². The molecule has 14 heteroatoms.